The van der Waals surface area contributed by atoms with E-state index in [-0.39, 0.29) is 23.8 Å². The van der Waals surface area contributed by atoms with Gasteiger partial charge in [-0.1, -0.05) is 13.8 Å². The number of amides is 1. The van der Waals surface area contributed by atoms with E-state index in [1.807, 2.05) is 6.92 Å². The van der Waals surface area contributed by atoms with Gasteiger partial charge in [0.05, 0.1) is 12.0 Å². The maximum absolute atomic E-state index is 11.8. The maximum Gasteiger partial charge on any atom is 0.326 e. The van der Waals surface area contributed by atoms with Crippen molar-refractivity contribution >= 4 is 11.9 Å². The molecule has 0 aromatic carbocycles. The van der Waals surface area contributed by atoms with E-state index in [4.69, 9.17) is 9.84 Å². The molecule has 3 atom stereocenters. The molecule has 0 aliphatic carbocycles. The second kappa shape index (κ2) is 5.30. The lowest BCUT2D eigenvalue weighted by Gasteiger charge is -2.21. The number of hydrogen-bond acceptors (Lipinski definition) is 3. The molecule has 0 aromatic rings. The van der Waals surface area contributed by atoms with Crippen LogP contribution in [0.3, 0.4) is 0 Å². The molecule has 2 N–H and O–H groups in total. The fraction of sp³-hybridized carbons (Fsp3) is 0.818. The monoisotopic (exact) mass is 229 g/mol. The van der Waals surface area contributed by atoms with Gasteiger partial charge < -0.3 is 15.2 Å². The van der Waals surface area contributed by atoms with Gasteiger partial charge in [-0.05, 0) is 19.3 Å². The fourth-order valence-electron chi connectivity index (χ4n) is 1.85. The molecule has 92 valence electrons. The van der Waals surface area contributed by atoms with Crippen molar-refractivity contribution in [1.82, 2.24) is 5.32 Å². The van der Waals surface area contributed by atoms with E-state index in [0.29, 0.717) is 13.0 Å². The quantitative estimate of drug-likeness (QED) is 0.741. The van der Waals surface area contributed by atoms with Gasteiger partial charge in [-0.25, -0.2) is 4.79 Å². The predicted octanol–water partition coefficient (Wildman–Crippen LogP) is 0.637. The topological polar surface area (TPSA) is 75.6 Å². The number of aliphatic carboxylic acids is 1. The summed E-state index contributed by atoms with van der Waals surface area (Å²) in [5.74, 6) is -1.55. The Morgan fingerprint density at radius 3 is 2.44 bits per heavy atom. The lowest BCUT2D eigenvalue weighted by Crippen LogP contribution is -2.47. The standard InChI is InChI=1S/C11H19NO4/c1-6(2)9(11(14)15)12-10(13)8-4-5-16-7(8)3/h6-9H,4-5H2,1-3H3,(H,12,13)(H,14,15). The Morgan fingerprint density at radius 2 is 2.06 bits per heavy atom. The molecule has 1 fully saturated rings. The SMILES string of the molecule is CC(C)C(NC(=O)C1CCOC1C)C(=O)O. The van der Waals surface area contributed by atoms with Crippen LogP contribution in [0.5, 0.6) is 0 Å². The number of carboxylic acids is 1. The van der Waals surface area contributed by atoms with Crippen LogP contribution in [-0.2, 0) is 14.3 Å². The van der Waals surface area contributed by atoms with Gasteiger partial charge in [-0.15, -0.1) is 0 Å². The van der Waals surface area contributed by atoms with Crippen LogP contribution in [0.4, 0.5) is 0 Å². The molecule has 1 aliphatic heterocycles. The molecule has 1 rings (SSSR count). The number of carboxylic acid groups (broad SMARTS) is 1. The van der Waals surface area contributed by atoms with Crippen LogP contribution in [0, 0.1) is 11.8 Å². The zero-order valence-corrected chi connectivity index (χ0v) is 9.90. The van der Waals surface area contributed by atoms with Gasteiger partial charge in [0.1, 0.15) is 6.04 Å². The maximum atomic E-state index is 11.8. The van der Waals surface area contributed by atoms with E-state index < -0.39 is 12.0 Å². The highest BCUT2D eigenvalue weighted by Crippen LogP contribution is 2.20. The predicted molar refractivity (Wildman–Crippen MR) is 57.9 cm³/mol. The number of carbonyl (C=O) groups is 2. The average molecular weight is 229 g/mol. The van der Waals surface area contributed by atoms with Crippen molar-refractivity contribution in [2.24, 2.45) is 11.8 Å². The van der Waals surface area contributed by atoms with Crippen LogP contribution in [0.25, 0.3) is 0 Å². The van der Waals surface area contributed by atoms with Crippen molar-refractivity contribution in [1.29, 1.82) is 0 Å². The Bertz CT molecular complexity index is 277. The van der Waals surface area contributed by atoms with Crippen LogP contribution in [0.15, 0.2) is 0 Å². The summed E-state index contributed by atoms with van der Waals surface area (Å²) < 4.78 is 5.28. The molecule has 1 heterocycles. The number of hydrogen-bond donors (Lipinski definition) is 2. The molecule has 5 nitrogen and oxygen atoms in total. The van der Waals surface area contributed by atoms with E-state index in [1.165, 1.54) is 0 Å². The lowest BCUT2D eigenvalue weighted by molar-refractivity contribution is -0.144. The summed E-state index contributed by atoms with van der Waals surface area (Å²) in [4.78, 5) is 22.7. The van der Waals surface area contributed by atoms with Gasteiger partial charge in [-0.2, -0.15) is 0 Å². The van der Waals surface area contributed by atoms with Crippen molar-refractivity contribution < 1.29 is 19.4 Å². The molecular weight excluding hydrogens is 210 g/mol. The summed E-state index contributed by atoms with van der Waals surface area (Å²) in [5, 5.41) is 11.5. The van der Waals surface area contributed by atoms with Crippen LogP contribution in [-0.4, -0.2) is 35.7 Å². The van der Waals surface area contributed by atoms with Crippen molar-refractivity contribution in [2.45, 2.75) is 39.3 Å². The third-order valence-corrected chi connectivity index (χ3v) is 2.94. The first-order valence-electron chi connectivity index (χ1n) is 5.58. The highest BCUT2D eigenvalue weighted by atomic mass is 16.5. The van der Waals surface area contributed by atoms with Crippen LogP contribution in [0.2, 0.25) is 0 Å². The van der Waals surface area contributed by atoms with E-state index in [2.05, 4.69) is 5.32 Å². The molecule has 3 unspecified atom stereocenters. The summed E-state index contributed by atoms with van der Waals surface area (Å²) >= 11 is 0. The molecule has 1 saturated heterocycles. The summed E-state index contributed by atoms with van der Waals surface area (Å²) in [5.41, 5.74) is 0. The highest BCUT2D eigenvalue weighted by Gasteiger charge is 2.33. The van der Waals surface area contributed by atoms with Crippen molar-refractivity contribution in [3.05, 3.63) is 0 Å². The summed E-state index contributed by atoms with van der Waals surface area (Å²) in [7, 11) is 0. The zero-order valence-electron chi connectivity index (χ0n) is 9.90. The minimum Gasteiger partial charge on any atom is -0.480 e. The third kappa shape index (κ3) is 2.95. The van der Waals surface area contributed by atoms with Crippen molar-refractivity contribution in [3.8, 4) is 0 Å². The fourth-order valence-corrected chi connectivity index (χ4v) is 1.85. The number of ether oxygens (including phenoxy) is 1. The van der Waals surface area contributed by atoms with Gasteiger partial charge >= 0.3 is 5.97 Å². The molecule has 0 spiro atoms. The first kappa shape index (κ1) is 13.0. The third-order valence-electron chi connectivity index (χ3n) is 2.94. The Hall–Kier alpha value is -1.10. The summed E-state index contributed by atoms with van der Waals surface area (Å²) in [6.45, 7) is 5.95. The van der Waals surface area contributed by atoms with Crippen molar-refractivity contribution in [2.75, 3.05) is 6.61 Å². The number of nitrogens with one attached hydrogen (secondary N) is 1. The number of carbonyl (C=O) groups excluding carboxylic acids is 1. The molecule has 0 radical (unpaired) electrons. The van der Waals surface area contributed by atoms with Gasteiger partial charge in [0.15, 0.2) is 0 Å². The van der Waals surface area contributed by atoms with Gasteiger partial charge in [0, 0.05) is 6.61 Å². The second-order valence-electron chi connectivity index (χ2n) is 4.54. The Kier molecular flexibility index (Phi) is 4.29. The molecular formula is C11H19NO4. The first-order chi connectivity index (χ1) is 7.43. The molecule has 1 aliphatic rings. The lowest BCUT2D eigenvalue weighted by atomic mass is 9.99. The largest absolute Gasteiger partial charge is 0.480 e. The van der Waals surface area contributed by atoms with Crippen LogP contribution < -0.4 is 5.32 Å². The number of rotatable bonds is 4. The van der Waals surface area contributed by atoms with Gasteiger partial charge in [-0.3, -0.25) is 4.79 Å². The Balaban J connectivity index is 2.58. The average Bonchev–Trinajstić information content (AvgIpc) is 2.59. The van der Waals surface area contributed by atoms with Crippen LogP contribution in [0.1, 0.15) is 27.2 Å². The van der Waals surface area contributed by atoms with E-state index in [9.17, 15) is 9.59 Å². The van der Waals surface area contributed by atoms with Gasteiger partial charge in [0.2, 0.25) is 5.91 Å². The highest BCUT2D eigenvalue weighted by molar-refractivity contribution is 5.85. The first-order valence-corrected chi connectivity index (χ1v) is 5.58. The van der Waals surface area contributed by atoms with E-state index in [1.54, 1.807) is 13.8 Å². The molecule has 5 heteroatoms. The minimum atomic E-state index is -0.991. The molecule has 0 aromatic heterocycles. The summed E-state index contributed by atoms with van der Waals surface area (Å²) in [6.07, 6.45) is 0.541. The Labute approximate surface area is 95.2 Å². The molecule has 1 amide bonds. The molecule has 0 saturated carbocycles. The normalized spacial score (nSPS) is 26.8. The van der Waals surface area contributed by atoms with Gasteiger partial charge in [0.25, 0.3) is 0 Å². The molecule has 16 heavy (non-hydrogen) atoms. The summed E-state index contributed by atoms with van der Waals surface area (Å²) in [6, 6.07) is -0.819. The second-order valence-corrected chi connectivity index (χ2v) is 4.54. The zero-order chi connectivity index (χ0) is 12.3. The Morgan fingerprint density at radius 1 is 1.44 bits per heavy atom. The van der Waals surface area contributed by atoms with Crippen molar-refractivity contribution in [3.63, 3.8) is 0 Å². The van der Waals surface area contributed by atoms with E-state index >= 15 is 0 Å². The van der Waals surface area contributed by atoms with Crippen LogP contribution >= 0.6 is 0 Å². The minimum absolute atomic E-state index is 0.124. The smallest absolute Gasteiger partial charge is 0.326 e. The molecule has 0 bridgehead atoms. The van der Waals surface area contributed by atoms with E-state index in [0.717, 1.165) is 0 Å².